The van der Waals surface area contributed by atoms with Gasteiger partial charge in [0, 0.05) is 5.56 Å². The molecule has 2 aromatic carbocycles. The molecule has 1 aromatic heterocycles. The number of hydrogen-bond donors (Lipinski definition) is 1. The maximum absolute atomic E-state index is 12.5. The first-order chi connectivity index (χ1) is 15.2. The summed E-state index contributed by atoms with van der Waals surface area (Å²) in [6.45, 7) is 3.76. The zero-order chi connectivity index (χ0) is 21.6. The second-order valence-electron chi connectivity index (χ2n) is 6.89. The maximum atomic E-state index is 12.5. The summed E-state index contributed by atoms with van der Waals surface area (Å²) in [5.41, 5.74) is 1.82. The fourth-order valence-corrected chi connectivity index (χ4v) is 2.99. The van der Waals surface area contributed by atoms with Crippen molar-refractivity contribution in [2.24, 2.45) is 0 Å². The highest BCUT2D eigenvalue weighted by atomic mass is 16.6. The number of hydrogen-bond acceptors (Lipinski definition) is 7. The summed E-state index contributed by atoms with van der Waals surface area (Å²) < 4.78 is 27.5. The smallest absolute Gasteiger partial charge is 0.255 e. The molecule has 162 valence electrons. The van der Waals surface area contributed by atoms with E-state index in [0.717, 1.165) is 5.56 Å². The Kier molecular flexibility index (Phi) is 6.37. The van der Waals surface area contributed by atoms with Gasteiger partial charge in [0.1, 0.15) is 24.7 Å². The lowest BCUT2D eigenvalue weighted by Gasteiger charge is -2.10. The van der Waals surface area contributed by atoms with Gasteiger partial charge in [0.15, 0.2) is 11.5 Å². The summed E-state index contributed by atoms with van der Waals surface area (Å²) in [4.78, 5) is 17.0. The number of ether oxygens (including phenoxy) is 4. The zero-order valence-corrected chi connectivity index (χ0v) is 17.4. The van der Waals surface area contributed by atoms with Crippen molar-refractivity contribution in [2.75, 3.05) is 26.9 Å². The number of rotatable bonds is 10. The highest BCUT2D eigenvalue weighted by molar-refractivity contribution is 5.96. The molecular weight excluding hydrogens is 400 g/mol. The number of nitrogens with zero attached hydrogens (tertiary/aromatic N) is 1. The second kappa shape index (κ2) is 9.53. The van der Waals surface area contributed by atoms with Gasteiger partial charge in [0.25, 0.3) is 5.91 Å². The number of para-hydroxylation sites is 1. The van der Waals surface area contributed by atoms with Crippen LogP contribution in [0.4, 0.5) is 0 Å². The van der Waals surface area contributed by atoms with Crippen LogP contribution in [0.5, 0.6) is 17.2 Å². The Morgan fingerprint density at radius 2 is 2.00 bits per heavy atom. The molecule has 1 fully saturated rings. The van der Waals surface area contributed by atoms with Crippen LogP contribution >= 0.6 is 0 Å². The number of oxazole rings is 1. The number of amides is 1. The minimum Gasteiger partial charge on any atom is -0.493 e. The Morgan fingerprint density at radius 3 is 2.77 bits per heavy atom. The first-order valence-corrected chi connectivity index (χ1v) is 10.0. The van der Waals surface area contributed by atoms with Gasteiger partial charge < -0.3 is 28.7 Å². The highest BCUT2D eigenvalue weighted by Crippen LogP contribution is 2.33. The summed E-state index contributed by atoms with van der Waals surface area (Å²) in [6, 6.07) is 12.6. The Hall–Kier alpha value is -3.52. The molecule has 0 saturated carbocycles. The molecule has 31 heavy (non-hydrogen) atoms. The van der Waals surface area contributed by atoms with Crippen molar-refractivity contribution < 1.29 is 28.2 Å². The van der Waals surface area contributed by atoms with Gasteiger partial charge >= 0.3 is 0 Å². The SMILES string of the molecule is CCOc1ccccc1C(=O)NCc1coc(-c2ccc(OC)c(OCC3CO3)c2)n1. The average Bonchev–Trinajstić information content (AvgIpc) is 3.51. The lowest BCUT2D eigenvalue weighted by molar-refractivity contribution is 0.0946. The number of nitrogens with one attached hydrogen (secondary N) is 1. The van der Waals surface area contributed by atoms with Crippen LogP contribution < -0.4 is 19.5 Å². The Balaban J connectivity index is 1.42. The minimum absolute atomic E-state index is 0.137. The van der Waals surface area contributed by atoms with Crippen LogP contribution in [-0.4, -0.2) is 43.9 Å². The Morgan fingerprint density at radius 1 is 1.16 bits per heavy atom. The van der Waals surface area contributed by atoms with E-state index in [1.54, 1.807) is 31.4 Å². The van der Waals surface area contributed by atoms with Gasteiger partial charge in [-0.15, -0.1) is 0 Å². The topological polar surface area (TPSA) is 95.4 Å². The molecule has 8 heteroatoms. The molecule has 1 N–H and O–H groups in total. The molecule has 0 bridgehead atoms. The third kappa shape index (κ3) is 5.16. The van der Waals surface area contributed by atoms with Crippen LogP contribution in [0.3, 0.4) is 0 Å². The first-order valence-electron chi connectivity index (χ1n) is 10.0. The summed E-state index contributed by atoms with van der Waals surface area (Å²) in [6.07, 6.45) is 1.66. The minimum atomic E-state index is -0.240. The third-order valence-electron chi connectivity index (χ3n) is 4.65. The van der Waals surface area contributed by atoms with Crippen LogP contribution in [0.15, 0.2) is 53.1 Å². The standard InChI is InChI=1S/C23H24N2O6/c1-3-28-19-7-5-4-6-18(19)22(26)24-11-16-12-31-23(25-16)15-8-9-20(27-2)21(10-15)30-14-17-13-29-17/h4-10,12,17H,3,11,13-14H2,1-2H3,(H,24,26). The van der Waals surface area contributed by atoms with E-state index in [-0.39, 0.29) is 18.6 Å². The van der Waals surface area contributed by atoms with E-state index in [4.69, 9.17) is 23.4 Å². The van der Waals surface area contributed by atoms with Crippen LogP contribution in [0.25, 0.3) is 11.5 Å². The molecular formula is C23H24N2O6. The lowest BCUT2D eigenvalue weighted by atomic mass is 10.2. The average molecular weight is 424 g/mol. The van der Waals surface area contributed by atoms with E-state index in [9.17, 15) is 4.79 Å². The van der Waals surface area contributed by atoms with Crippen molar-refractivity contribution in [1.29, 1.82) is 0 Å². The highest BCUT2D eigenvalue weighted by Gasteiger charge is 2.24. The Bertz CT molecular complexity index is 1040. The molecule has 2 heterocycles. The monoisotopic (exact) mass is 424 g/mol. The van der Waals surface area contributed by atoms with Crippen molar-refractivity contribution in [1.82, 2.24) is 10.3 Å². The molecule has 1 saturated heterocycles. The summed E-state index contributed by atoms with van der Waals surface area (Å²) in [7, 11) is 1.59. The molecule has 1 aliphatic heterocycles. The number of carbonyl (C=O) groups is 1. The summed E-state index contributed by atoms with van der Waals surface area (Å²) in [5, 5.41) is 2.85. The van der Waals surface area contributed by atoms with Crippen LogP contribution in [0.2, 0.25) is 0 Å². The molecule has 8 nitrogen and oxygen atoms in total. The van der Waals surface area contributed by atoms with Crippen molar-refractivity contribution in [3.63, 3.8) is 0 Å². The molecule has 0 aliphatic carbocycles. The molecule has 3 aromatic rings. The fourth-order valence-electron chi connectivity index (χ4n) is 2.99. The van der Waals surface area contributed by atoms with Crippen LogP contribution in [0.1, 0.15) is 23.0 Å². The van der Waals surface area contributed by atoms with E-state index < -0.39 is 0 Å². The van der Waals surface area contributed by atoms with Gasteiger partial charge in [-0.1, -0.05) is 12.1 Å². The normalized spacial score (nSPS) is 14.7. The van der Waals surface area contributed by atoms with Gasteiger partial charge in [-0.25, -0.2) is 4.98 Å². The van der Waals surface area contributed by atoms with E-state index in [2.05, 4.69) is 10.3 Å². The number of aromatic nitrogens is 1. The predicted molar refractivity (Wildman–Crippen MR) is 113 cm³/mol. The molecule has 4 rings (SSSR count). The van der Waals surface area contributed by atoms with Gasteiger partial charge in [-0.2, -0.15) is 0 Å². The van der Waals surface area contributed by atoms with Crippen LogP contribution in [-0.2, 0) is 11.3 Å². The summed E-state index contributed by atoms with van der Waals surface area (Å²) >= 11 is 0. The molecule has 0 spiro atoms. The van der Waals surface area contributed by atoms with E-state index in [0.29, 0.717) is 54.2 Å². The van der Waals surface area contributed by atoms with Crippen molar-refractivity contribution in [3.8, 4) is 28.7 Å². The van der Waals surface area contributed by atoms with E-state index in [1.165, 1.54) is 6.26 Å². The van der Waals surface area contributed by atoms with Crippen LogP contribution in [0, 0.1) is 0 Å². The molecule has 1 aliphatic rings. The van der Waals surface area contributed by atoms with Crippen molar-refractivity contribution >= 4 is 5.91 Å². The maximum Gasteiger partial charge on any atom is 0.255 e. The fraction of sp³-hybridized carbons (Fsp3) is 0.304. The quantitative estimate of drug-likeness (QED) is 0.498. The van der Waals surface area contributed by atoms with Gasteiger partial charge in [0.05, 0.1) is 38.1 Å². The van der Waals surface area contributed by atoms with Gasteiger partial charge in [-0.3, -0.25) is 4.79 Å². The molecule has 1 amide bonds. The molecule has 0 radical (unpaired) electrons. The lowest BCUT2D eigenvalue weighted by Crippen LogP contribution is -2.23. The zero-order valence-electron chi connectivity index (χ0n) is 17.4. The van der Waals surface area contributed by atoms with E-state index in [1.807, 2.05) is 25.1 Å². The number of carbonyl (C=O) groups excluding carboxylic acids is 1. The van der Waals surface area contributed by atoms with Gasteiger partial charge in [-0.05, 0) is 37.3 Å². The second-order valence-corrected chi connectivity index (χ2v) is 6.89. The van der Waals surface area contributed by atoms with Crippen molar-refractivity contribution in [2.45, 2.75) is 19.6 Å². The van der Waals surface area contributed by atoms with Crippen molar-refractivity contribution in [3.05, 3.63) is 60.0 Å². The van der Waals surface area contributed by atoms with E-state index >= 15 is 0 Å². The predicted octanol–water partition coefficient (Wildman–Crippen LogP) is 3.46. The number of epoxide rings is 1. The number of benzene rings is 2. The summed E-state index contributed by atoms with van der Waals surface area (Å²) in [5.74, 6) is 1.95. The van der Waals surface area contributed by atoms with Gasteiger partial charge in [0.2, 0.25) is 5.89 Å². The first kappa shape index (κ1) is 20.7. The third-order valence-corrected chi connectivity index (χ3v) is 4.65. The molecule has 1 atom stereocenters. The Labute approximate surface area is 180 Å². The number of methoxy groups -OCH3 is 1. The molecule has 1 unspecified atom stereocenters. The largest absolute Gasteiger partial charge is 0.493 e.